The second-order valence-electron chi connectivity index (χ2n) is 9.12. The molecular formula is C25H29FN4O5. The van der Waals surface area contributed by atoms with Crippen molar-refractivity contribution in [3.05, 3.63) is 63.5 Å². The van der Waals surface area contributed by atoms with E-state index in [1.165, 1.54) is 18.2 Å². The highest BCUT2D eigenvalue weighted by Gasteiger charge is 2.29. The second kappa shape index (κ2) is 10.4. The molecule has 2 heterocycles. The average molecular weight is 485 g/mol. The molecule has 0 aromatic heterocycles. The van der Waals surface area contributed by atoms with Crippen LogP contribution < -0.4 is 9.80 Å². The predicted octanol–water partition coefficient (Wildman–Crippen LogP) is 2.96. The highest BCUT2D eigenvalue weighted by Crippen LogP contribution is 2.30. The lowest BCUT2D eigenvalue weighted by Gasteiger charge is -2.37. The lowest BCUT2D eigenvalue weighted by Crippen LogP contribution is -2.49. The maximum Gasteiger partial charge on any atom is 0.270 e. The summed E-state index contributed by atoms with van der Waals surface area (Å²) in [6.07, 6.45) is 1.70. The highest BCUT2D eigenvalue weighted by molar-refractivity contribution is 6.00. The number of amides is 1. The number of carbonyl (C=O) groups excluding carboxylic acids is 2. The fourth-order valence-electron chi connectivity index (χ4n) is 4.72. The number of benzene rings is 2. The van der Waals surface area contributed by atoms with E-state index >= 15 is 0 Å². The predicted molar refractivity (Wildman–Crippen MR) is 130 cm³/mol. The van der Waals surface area contributed by atoms with E-state index in [1.54, 1.807) is 30.0 Å². The lowest BCUT2D eigenvalue weighted by atomic mass is 10.0. The molecule has 2 atom stereocenters. The Labute approximate surface area is 202 Å². The number of β-amino-alcohol motifs (C(OH)–C–C–N with tert-alkyl or cyclic N) is 1. The number of aliphatic hydroxyl groups excluding tert-OH is 1. The van der Waals surface area contributed by atoms with Gasteiger partial charge in [-0.3, -0.25) is 14.9 Å². The molecule has 0 saturated carbocycles. The first kappa shape index (κ1) is 24.6. The van der Waals surface area contributed by atoms with Gasteiger partial charge in [0.05, 0.1) is 28.0 Å². The van der Waals surface area contributed by atoms with Crippen LogP contribution in [0.1, 0.15) is 41.6 Å². The Kier molecular flexibility index (Phi) is 7.30. The van der Waals surface area contributed by atoms with Crippen molar-refractivity contribution in [1.29, 1.82) is 0 Å². The van der Waals surface area contributed by atoms with Crippen molar-refractivity contribution in [1.82, 2.24) is 4.90 Å². The minimum atomic E-state index is -0.526. The number of halogens is 1. The smallest absolute Gasteiger partial charge is 0.270 e. The first-order valence-corrected chi connectivity index (χ1v) is 11.8. The average Bonchev–Trinajstić information content (AvgIpc) is 2.87. The van der Waals surface area contributed by atoms with Crippen molar-refractivity contribution in [2.45, 2.75) is 31.8 Å². The normalized spacial score (nSPS) is 19.4. The van der Waals surface area contributed by atoms with Crippen LogP contribution in [0.25, 0.3) is 0 Å². The molecule has 186 valence electrons. The Bertz CT molecular complexity index is 1120. The number of nitro benzene ring substituents is 1. The van der Waals surface area contributed by atoms with Gasteiger partial charge in [-0.1, -0.05) is 13.0 Å². The number of aldehydes is 1. The fourth-order valence-corrected chi connectivity index (χ4v) is 4.72. The van der Waals surface area contributed by atoms with Gasteiger partial charge in [0.1, 0.15) is 12.1 Å². The van der Waals surface area contributed by atoms with Crippen LogP contribution in [-0.2, 0) is 4.79 Å². The molecule has 2 saturated heterocycles. The SMILES string of the molecule is CC(C=O)c1ccc(N2CCN(C(=O)c3cc([N+](=O)[O-])ccc3N3CCCC(O)C3)CC2)c(F)c1. The molecule has 35 heavy (non-hydrogen) atoms. The summed E-state index contributed by atoms with van der Waals surface area (Å²) in [4.78, 5) is 40.7. The van der Waals surface area contributed by atoms with Gasteiger partial charge in [0.15, 0.2) is 0 Å². The summed E-state index contributed by atoms with van der Waals surface area (Å²) in [5.41, 5.74) is 1.67. The van der Waals surface area contributed by atoms with Crippen LogP contribution in [0.15, 0.2) is 36.4 Å². The largest absolute Gasteiger partial charge is 0.391 e. The number of anilines is 2. The van der Waals surface area contributed by atoms with Crippen LogP contribution in [0.5, 0.6) is 0 Å². The molecule has 9 nitrogen and oxygen atoms in total. The van der Waals surface area contributed by atoms with Crippen LogP contribution >= 0.6 is 0 Å². The third-order valence-electron chi connectivity index (χ3n) is 6.77. The number of piperidine rings is 1. The summed E-state index contributed by atoms with van der Waals surface area (Å²) in [6, 6.07) is 9.02. The zero-order valence-corrected chi connectivity index (χ0v) is 19.6. The number of carbonyl (C=O) groups is 2. The Morgan fingerprint density at radius 1 is 1.11 bits per heavy atom. The maximum atomic E-state index is 14.7. The molecule has 2 aromatic rings. The molecule has 2 aromatic carbocycles. The minimum Gasteiger partial charge on any atom is -0.391 e. The third-order valence-corrected chi connectivity index (χ3v) is 6.77. The number of nitrogens with zero attached hydrogens (tertiary/aromatic N) is 4. The van der Waals surface area contributed by atoms with E-state index in [0.29, 0.717) is 62.6 Å². The Balaban J connectivity index is 1.51. The topological polar surface area (TPSA) is 107 Å². The Morgan fingerprint density at radius 2 is 1.83 bits per heavy atom. The number of hydrogen-bond acceptors (Lipinski definition) is 7. The Hall–Kier alpha value is -3.53. The van der Waals surface area contributed by atoms with E-state index in [4.69, 9.17) is 0 Å². The summed E-state index contributed by atoms with van der Waals surface area (Å²) >= 11 is 0. The van der Waals surface area contributed by atoms with E-state index in [9.17, 15) is 29.2 Å². The van der Waals surface area contributed by atoms with Gasteiger partial charge in [-0.25, -0.2) is 4.39 Å². The van der Waals surface area contributed by atoms with Gasteiger partial charge in [-0.15, -0.1) is 0 Å². The molecule has 0 aliphatic carbocycles. The monoisotopic (exact) mass is 484 g/mol. The second-order valence-corrected chi connectivity index (χ2v) is 9.12. The van der Waals surface area contributed by atoms with Crippen molar-refractivity contribution < 1.29 is 24.0 Å². The van der Waals surface area contributed by atoms with Crippen LogP contribution in [-0.4, -0.2) is 72.5 Å². The molecule has 0 bridgehead atoms. The first-order chi connectivity index (χ1) is 16.8. The molecule has 2 fully saturated rings. The molecule has 0 radical (unpaired) electrons. The first-order valence-electron chi connectivity index (χ1n) is 11.8. The van der Waals surface area contributed by atoms with E-state index < -0.39 is 22.8 Å². The number of rotatable bonds is 6. The summed E-state index contributed by atoms with van der Waals surface area (Å²) in [5.74, 6) is -1.13. The molecule has 1 N–H and O–H groups in total. The molecular weight excluding hydrogens is 455 g/mol. The van der Waals surface area contributed by atoms with Crippen LogP contribution in [0, 0.1) is 15.9 Å². The number of hydrogen-bond donors (Lipinski definition) is 1. The number of piperazine rings is 1. The minimum absolute atomic E-state index is 0.167. The third kappa shape index (κ3) is 5.27. The number of aliphatic hydroxyl groups is 1. The van der Waals surface area contributed by atoms with Crippen molar-refractivity contribution in [2.75, 3.05) is 49.1 Å². The molecule has 4 rings (SSSR count). The van der Waals surface area contributed by atoms with Crippen LogP contribution in [0.2, 0.25) is 0 Å². The summed E-state index contributed by atoms with van der Waals surface area (Å²) < 4.78 is 14.7. The van der Waals surface area contributed by atoms with Crippen molar-refractivity contribution in [2.24, 2.45) is 0 Å². The summed E-state index contributed by atoms with van der Waals surface area (Å²) in [6.45, 7) is 4.18. The number of nitro groups is 1. The van der Waals surface area contributed by atoms with Crippen molar-refractivity contribution in [3.8, 4) is 0 Å². The molecule has 0 spiro atoms. The molecule has 10 heteroatoms. The van der Waals surface area contributed by atoms with Gasteiger partial charge in [0.25, 0.3) is 11.6 Å². The standard InChI is InChI=1S/C25H29FN4O5/c1-17(16-31)18-4-6-24(22(26)13-18)27-9-11-28(12-10-27)25(33)21-14-19(30(34)35)5-7-23(21)29-8-2-3-20(32)15-29/h4-7,13-14,16-17,20,32H,2-3,8-12,15H2,1H3. The molecule has 1 amide bonds. The zero-order chi connectivity index (χ0) is 25.1. The highest BCUT2D eigenvalue weighted by atomic mass is 19.1. The molecule has 2 unspecified atom stereocenters. The van der Waals surface area contributed by atoms with E-state index in [2.05, 4.69) is 0 Å². The van der Waals surface area contributed by atoms with Crippen LogP contribution in [0.4, 0.5) is 21.5 Å². The van der Waals surface area contributed by atoms with Gasteiger partial charge >= 0.3 is 0 Å². The van der Waals surface area contributed by atoms with E-state index in [-0.39, 0.29) is 17.2 Å². The van der Waals surface area contributed by atoms with Gasteiger partial charge in [0, 0.05) is 57.3 Å². The zero-order valence-electron chi connectivity index (χ0n) is 19.6. The van der Waals surface area contributed by atoms with Crippen molar-refractivity contribution in [3.63, 3.8) is 0 Å². The maximum absolute atomic E-state index is 14.7. The summed E-state index contributed by atoms with van der Waals surface area (Å²) in [5, 5.41) is 21.5. The molecule has 2 aliphatic heterocycles. The van der Waals surface area contributed by atoms with Gasteiger partial charge in [0.2, 0.25) is 0 Å². The van der Waals surface area contributed by atoms with Crippen LogP contribution in [0.3, 0.4) is 0 Å². The van der Waals surface area contributed by atoms with Gasteiger partial charge in [-0.2, -0.15) is 0 Å². The lowest BCUT2D eigenvalue weighted by molar-refractivity contribution is -0.384. The fraction of sp³-hybridized carbons (Fsp3) is 0.440. The van der Waals surface area contributed by atoms with Gasteiger partial charge in [-0.05, 0) is 36.6 Å². The molecule has 2 aliphatic rings. The Morgan fingerprint density at radius 3 is 2.46 bits per heavy atom. The van der Waals surface area contributed by atoms with Gasteiger partial charge < -0.3 is 24.6 Å². The quantitative estimate of drug-likeness (QED) is 0.382. The van der Waals surface area contributed by atoms with Crippen molar-refractivity contribution >= 4 is 29.3 Å². The number of non-ortho nitro benzene ring substituents is 1. The van der Waals surface area contributed by atoms with E-state index in [0.717, 1.165) is 12.7 Å². The van der Waals surface area contributed by atoms with E-state index in [1.807, 2.05) is 9.80 Å². The summed E-state index contributed by atoms with van der Waals surface area (Å²) in [7, 11) is 0.